The number of alkyl halides is 3. The molecular weight excluding hydrogens is 154 g/mol. The van der Waals surface area contributed by atoms with Gasteiger partial charge >= 0.3 is 6.18 Å². The van der Waals surface area contributed by atoms with Crippen LogP contribution in [0.5, 0.6) is 0 Å². The van der Waals surface area contributed by atoms with Crippen LogP contribution in [0.1, 0.15) is 0 Å². The van der Waals surface area contributed by atoms with Crippen molar-refractivity contribution in [2.24, 2.45) is 5.73 Å². The molecule has 0 radical (unpaired) electrons. The van der Waals surface area contributed by atoms with E-state index < -0.39 is 6.18 Å². The zero-order valence-electron chi connectivity index (χ0n) is 4.33. The molecule has 1 nitrogen and oxygen atoms in total. The van der Waals surface area contributed by atoms with Gasteiger partial charge in [0.25, 0.3) is 0 Å². The van der Waals surface area contributed by atoms with Crippen molar-refractivity contribution in [3.05, 3.63) is 0 Å². The second-order valence-electron chi connectivity index (χ2n) is 1.00. The maximum atomic E-state index is 11.0. The normalized spacial score (nSPS) is 8.89. The highest BCUT2D eigenvalue weighted by Crippen LogP contribution is 2.11. The number of nitrogens with two attached hydrogens (primary N) is 1. The lowest BCUT2D eigenvalue weighted by molar-refractivity contribution is -0.0697. The van der Waals surface area contributed by atoms with Crippen molar-refractivity contribution in [2.75, 3.05) is 6.54 Å². The van der Waals surface area contributed by atoms with Crippen molar-refractivity contribution in [3.8, 4) is 11.8 Å². The second-order valence-corrected chi connectivity index (χ2v) is 1.00. The van der Waals surface area contributed by atoms with Crippen LogP contribution >= 0.6 is 12.4 Å². The van der Waals surface area contributed by atoms with E-state index >= 15 is 0 Å². The van der Waals surface area contributed by atoms with E-state index in [1.165, 1.54) is 0 Å². The quantitative estimate of drug-likeness (QED) is 0.523. The first-order chi connectivity index (χ1) is 3.56. The van der Waals surface area contributed by atoms with Gasteiger partial charge in [0.05, 0.1) is 6.54 Å². The maximum absolute atomic E-state index is 11.0. The maximum Gasteiger partial charge on any atom is 0.457 e. The fraction of sp³-hybridized carbons (Fsp3) is 0.500. The van der Waals surface area contributed by atoms with Gasteiger partial charge in [-0.25, -0.2) is 0 Å². The number of rotatable bonds is 0. The second kappa shape index (κ2) is 4.48. The summed E-state index contributed by atoms with van der Waals surface area (Å²) in [5.74, 6) is 2.69. The van der Waals surface area contributed by atoms with Crippen molar-refractivity contribution >= 4 is 12.4 Å². The van der Waals surface area contributed by atoms with Crippen LogP contribution in [0.15, 0.2) is 0 Å². The molecule has 54 valence electrons. The van der Waals surface area contributed by atoms with Crippen LogP contribution in [0.25, 0.3) is 0 Å². The van der Waals surface area contributed by atoms with Crippen molar-refractivity contribution in [2.45, 2.75) is 6.18 Å². The zero-order valence-corrected chi connectivity index (χ0v) is 5.14. The molecule has 0 spiro atoms. The molecule has 2 N–H and O–H groups in total. The summed E-state index contributed by atoms with van der Waals surface area (Å²) in [4.78, 5) is 0. The van der Waals surface area contributed by atoms with Gasteiger partial charge in [-0.2, -0.15) is 13.2 Å². The Morgan fingerprint density at radius 1 is 1.33 bits per heavy atom. The Kier molecular flexibility index (Phi) is 5.67. The van der Waals surface area contributed by atoms with Gasteiger partial charge in [0.15, 0.2) is 0 Å². The third-order valence-corrected chi connectivity index (χ3v) is 0.332. The first-order valence-corrected chi connectivity index (χ1v) is 1.83. The molecule has 0 aromatic heterocycles. The lowest BCUT2D eigenvalue weighted by atomic mass is 10.6. The Balaban J connectivity index is 0. The van der Waals surface area contributed by atoms with Crippen molar-refractivity contribution < 1.29 is 13.2 Å². The molecule has 0 rings (SSSR count). The SMILES string of the molecule is Cl.NCC#CC(F)(F)F. The van der Waals surface area contributed by atoms with Crippen LogP contribution < -0.4 is 5.73 Å². The predicted octanol–water partition coefficient (Wildman–Crippen LogP) is 0.933. The lowest BCUT2D eigenvalue weighted by Gasteiger charge is -1.90. The van der Waals surface area contributed by atoms with Crippen molar-refractivity contribution in [1.82, 2.24) is 0 Å². The molecule has 0 heterocycles. The molecule has 0 aliphatic carbocycles. The summed E-state index contributed by atoms with van der Waals surface area (Å²) >= 11 is 0. The van der Waals surface area contributed by atoms with E-state index in [0.717, 1.165) is 5.92 Å². The van der Waals surface area contributed by atoms with Gasteiger partial charge in [0.2, 0.25) is 0 Å². The largest absolute Gasteiger partial charge is 0.457 e. The minimum atomic E-state index is -4.39. The summed E-state index contributed by atoms with van der Waals surface area (Å²) in [7, 11) is 0. The standard InChI is InChI=1S/C4H4F3N.ClH/c5-4(6,7)2-1-3-8;/h3,8H2;1H. The van der Waals surface area contributed by atoms with E-state index in [1.807, 2.05) is 0 Å². The van der Waals surface area contributed by atoms with Gasteiger partial charge in [-0.05, 0) is 0 Å². The van der Waals surface area contributed by atoms with E-state index in [4.69, 9.17) is 0 Å². The van der Waals surface area contributed by atoms with E-state index in [1.54, 1.807) is 5.92 Å². The van der Waals surface area contributed by atoms with Crippen molar-refractivity contribution in [3.63, 3.8) is 0 Å². The minimum Gasteiger partial charge on any atom is -0.320 e. The summed E-state index contributed by atoms with van der Waals surface area (Å²) in [6.07, 6.45) is -4.39. The molecule has 9 heavy (non-hydrogen) atoms. The van der Waals surface area contributed by atoms with E-state index in [-0.39, 0.29) is 19.0 Å². The molecule has 0 aliphatic rings. The van der Waals surface area contributed by atoms with Gasteiger partial charge in [-0.1, -0.05) is 5.92 Å². The number of halogens is 4. The Morgan fingerprint density at radius 2 is 1.78 bits per heavy atom. The average molecular weight is 160 g/mol. The molecular formula is C4H5ClF3N. The third-order valence-electron chi connectivity index (χ3n) is 0.332. The summed E-state index contributed by atoms with van der Waals surface area (Å²) in [5.41, 5.74) is 4.66. The number of hydrogen-bond donors (Lipinski definition) is 1. The third kappa shape index (κ3) is 11.3. The van der Waals surface area contributed by atoms with E-state index in [9.17, 15) is 13.2 Å². The summed E-state index contributed by atoms with van der Waals surface area (Å²) in [6.45, 7) is -0.250. The smallest absolute Gasteiger partial charge is 0.320 e. The predicted molar refractivity (Wildman–Crippen MR) is 30.1 cm³/mol. The molecule has 0 aromatic rings. The molecule has 0 fully saturated rings. The van der Waals surface area contributed by atoms with Gasteiger partial charge in [0.1, 0.15) is 0 Å². The molecule has 0 saturated carbocycles. The first-order valence-electron chi connectivity index (χ1n) is 1.83. The molecule has 0 aromatic carbocycles. The molecule has 0 aliphatic heterocycles. The van der Waals surface area contributed by atoms with Gasteiger partial charge < -0.3 is 5.73 Å². The molecule has 0 saturated heterocycles. The van der Waals surface area contributed by atoms with Crippen LogP contribution in [-0.4, -0.2) is 12.7 Å². The Morgan fingerprint density at radius 3 is 1.89 bits per heavy atom. The Bertz CT molecular complexity index is 120. The van der Waals surface area contributed by atoms with Crippen LogP contribution in [0, 0.1) is 11.8 Å². The van der Waals surface area contributed by atoms with Crippen LogP contribution in [0.4, 0.5) is 13.2 Å². The fourth-order valence-corrected chi connectivity index (χ4v) is 0.151. The first kappa shape index (κ1) is 11.4. The van der Waals surface area contributed by atoms with E-state index in [2.05, 4.69) is 5.73 Å². The number of hydrogen-bond acceptors (Lipinski definition) is 1. The minimum absolute atomic E-state index is 0. The molecule has 0 unspecified atom stereocenters. The Hall–Kier alpha value is -0.400. The van der Waals surface area contributed by atoms with Gasteiger partial charge in [-0.15, -0.1) is 12.4 Å². The summed E-state index contributed by atoms with van der Waals surface area (Å²) in [5, 5.41) is 0. The Labute approximate surface area is 56.8 Å². The molecule has 0 amide bonds. The van der Waals surface area contributed by atoms with Gasteiger partial charge in [0, 0.05) is 5.92 Å². The monoisotopic (exact) mass is 159 g/mol. The van der Waals surface area contributed by atoms with Gasteiger partial charge in [-0.3, -0.25) is 0 Å². The molecule has 5 heteroatoms. The van der Waals surface area contributed by atoms with E-state index in [0.29, 0.717) is 0 Å². The fourth-order valence-electron chi connectivity index (χ4n) is 0.151. The van der Waals surface area contributed by atoms with Crippen LogP contribution in [-0.2, 0) is 0 Å². The average Bonchev–Trinajstić information content (AvgIpc) is 1.59. The zero-order chi connectivity index (χ0) is 6.62. The topological polar surface area (TPSA) is 26.0 Å². The van der Waals surface area contributed by atoms with Crippen LogP contribution in [0.3, 0.4) is 0 Å². The van der Waals surface area contributed by atoms with Crippen LogP contribution in [0.2, 0.25) is 0 Å². The highest BCUT2D eigenvalue weighted by molar-refractivity contribution is 5.85. The molecule has 0 atom stereocenters. The summed E-state index contributed by atoms with van der Waals surface area (Å²) < 4.78 is 33.0. The molecule has 0 bridgehead atoms. The van der Waals surface area contributed by atoms with Crippen molar-refractivity contribution in [1.29, 1.82) is 0 Å². The highest BCUT2D eigenvalue weighted by Gasteiger charge is 2.22. The lowest BCUT2D eigenvalue weighted by Crippen LogP contribution is -2.03. The summed E-state index contributed by atoms with van der Waals surface area (Å²) in [6, 6.07) is 0. The highest BCUT2D eigenvalue weighted by atomic mass is 35.5.